The number of amides is 1. The SMILES string of the molecule is O=C(NCc1ccc(OC(F)(F)F)cc1)c1cc(Br)ccc1Cl. The third kappa shape index (κ3) is 5.44. The molecule has 0 bridgehead atoms. The van der Waals surface area contributed by atoms with E-state index in [4.69, 9.17) is 11.6 Å². The van der Waals surface area contributed by atoms with Gasteiger partial charge in [-0.1, -0.05) is 39.7 Å². The highest BCUT2D eigenvalue weighted by molar-refractivity contribution is 9.10. The number of hydrogen-bond donors (Lipinski definition) is 1. The first-order chi connectivity index (χ1) is 10.7. The number of carbonyl (C=O) groups excluding carboxylic acids is 1. The molecule has 0 aliphatic heterocycles. The molecule has 0 aromatic heterocycles. The Kier molecular flexibility index (Phi) is 5.54. The maximum atomic E-state index is 12.1. The van der Waals surface area contributed by atoms with Crippen LogP contribution in [0.5, 0.6) is 5.75 Å². The number of benzene rings is 2. The van der Waals surface area contributed by atoms with Crippen LogP contribution in [0.4, 0.5) is 13.2 Å². The normalized spacial score (nSPS) is 11.2. The van der Waals surface area contributed by atoms with E-state index in [0.717, 1.165) is 0 Å². The minimum atomic E-state index is -4.73. The zero-order chi connectivity index (χ0) is 17.0. The average molecular weight is 409 g/mol. The van der Waals surface area contributed by atoms with Crippen molar-refractivity contribution in [1.82, 2.24) is 5.32 Å². The standard InChI is InChI=1S/C15H10BrClF3NO2/c16-10-3-6-13(17)12(7-10)14(22)21-8-9-1-4-11(5-2-9)23-15(18,19)20/h1-7H,8H2,(H,21,22). The molecule has 122 valence electrons. The first-order valence-corrected chi connectivity index (χ1v) is 7.49. The first-order valence-electron chi connectivity index (χ1n) is 6.32. The Hall–Kier alpha value is -1.73. The summed E-state index contributed by atoms with van der Waals surface area (Å²) in [6, 6.07) is 10.1. The molecule has 2 rings (SSSR count). The summed E-state index contributed by atoms with van der Waals surface area (Å²) in [7, 11) is 0. The van der Waals surface area contributed by atoms with Gasteiger partial charge in [-0.15, -0.1) is 13.2 Å². The minimum Gasteiger partial charge on any atom is -0.406 e. The second-order valence-corrected chi connectivity index (χ2v) is 5.82. The predicted octanol–water partition coefficient (Wildman–Crippen LogP) is 4.93. The van der Waals surface area contributed by atoms with Crippen LogP contribution in [0.15, 0.2) is 46.9 Å². The van der Waals surface area contributed by atoms with E-state index in [9.17, 15) is 18.0 Å². The summed E-state index contributed by atoms with van der Waals surface area (Å²) < 4.78 is 40.7. The molecule has 0 aliphatic carbocycles. The van der Waals surface area contributed by atoms with E-state index in [-0.39, 0.29) is 18.2 Å². The predicted molar refractivity (Wildman–Crippen MR) is 83.4 cm³/mol. The van der Waals surface area contributed by atoms with Crippen molar-refractivity contribution in [3.05, 3.63) is 63.1 Å². The van der Waals surface area contributed by atoms with E-state index in [1.54, 1.807) is 18.2 Å². The lowest BCUT2D eigenvalue weighted by Crippen LogP contribution is -2.23. The van der Waals surface area contributed by atoms with Gasteiger partial charge in [-0.2, -0.15) is 0 Å². The van der Waals surface area contributed by atoms with Crippen LogP contribution in [-0.4, -0.2) is 12.3 Å². The van der Waals surface area contributed by atoms with Crippen molar-refractivity contribution in [3.8, 4) is 5.75 Å². The molecular formula is C15H10BrClF3NO2. The van der Waals surface area contributed by atoms with E-state index in [1.165, 1.54) is 24.3 Å². The molecule has 2 aromatic carbocycles. The fourth-order valence-corrected chi connectivity index (χ4v) is 2.32. The maximum absolute atomic E-state index is 12.1. The van der Waals surface area contributed by atoms with Crippen molar-refractivity contribution < 1.29 is 22.7 Å². The van der Waals surface area contributed by atoms with Gasteiger partial charge in [0.1, 0.15) is 5.75 Å². The lowest BCUT2D eigenvalue weighted by atomic mass is 10.2. The summed E-state index contributed by atoms with van der Waals surface area (Å²) >= 11 is 9.20. The van der Waals surface area contributed by atoms with Gasteiger partial charge in [0, 0.05) is 11.0 Å². The van der Waals surface area contributed by atoms with Crippen LogP contribution in [0.25, 0.3) is 0 Å². The molecule has 2 aromatic rings. The highest BCUT2D eigenvalue weighted by atomic mass is 79.9. The van der Waals surface area contributed by atoms with Gasteiger partial charge in [-0.3, -0.25) is 4.79 Å². The molecule has 1 N–H and O–H groups in total. The smallest absolute Gasteiger partial charge is 0.406 e. The average Bonchev–Trinajstić information content (AvgIpc) is 2.47. The summed E-state index contributed by atoms with van der Waals surface area (Å²) in [5.41, 5.74) is 0.928. The lowest BCUT2D eigenvalue weighted by molar-refractivity contribution is -0.274. The third-order valence-electron chi connectivity index (χ3n) is 2.78. The van der Waals surface area contributed by atoms with Crippen molar-refractivity contribution in [2.45, 2.75) is 12.9 Å². The van der Waals surface area contributed by atoms with Gasteiger partial charge in [0.05, 0.1) is 10.6 Å². The largest absolute Gasteiger partial charge is 0.573 e. The number of halogens is 5. The monoisotopic (exact) mass is 407 g/mol. The van der Waals surface area contributed by atoms with Gasteiger partial charge in [0.25, 0.3) is 5.91 Å². The topological polar surface area (TPSA) is 38.3 Å². The lowest BCUT2D eigenvalue weighted by Gasteiger charge is -2.10. The molecule has 0 fully saturated rings. The van der Waals surface area contributed by atoms with Crippen LogP contribution in [0.2, 0.25) is 5.02 Å². The van der Waals surface area contributed by atoms with E-state index < -0.39 is 6.36 Å². The van der Waals surface area contributed by atoms with Gasteiger partial charge in [0.2, 0.25) is 0 Å². The molecule has 0 atom stereocenters. The minimum absolute atomic E-state index is 0.147. The molecule has 0 spiro atoms. The molecule has 1 amide bonds. The van der Waals surface area contributed by atoms with Crippen molar-refractivity contribution in [3.63, 3.8) is 0 Å². The second kappa shape index (κ2) is 7.23. The van der Waals surface area contributed by atoms with Crippen molar-refractivity contribution >= 4 is 33.4 Å². The van der Waals surface area contributed by atoms with Crippen LogP contribution in [0.1, 0.15) is 15.9 Å². The van der Waals surface area contributed by atoms with E-state index >= 15 is 0 Å². The fourth-order valence-electron chi connectivity index (χ4n) is 1.76. The van der Waals surface area contributed by atoms with Crippen LogP contribution in [0, 0.1) is 0 Å². The Labute approximate surface area is 143 Å². The number of rotatable bonds is 4. The highest BCUT2D eigenvalue weighted by Crippen LogP contribution is 2.23. The van der Waals surface area contributed by atoms with Crippen LogP contribution < -0.4 is 10.1 Å². The molecule has 0 saturated heterocycles. The Bertz CT molecular complexity index is 705. The molecule has 8 heteroatoms. The van der Waals surface area contributed by atoms with Crippen molar-refractivity contribution in [1.29, 1.82) is 0 Å². The van der Waals surface area contributed by atoms with Crippen molar-refractivity contribution in [2.24, 2.45) is 0 Å². The molecule has 0 aliphatic rings. The highest BCUT2D eigenvalue weighted by Gasteiger charge is 2.30. The summed E-state index contributed by atoms with van der Waals surface area (Å²) in [5, 5.41) is 2.95. The Morgan fingerprint density at radius 3 is 2.43 bits per heavy atom. The Morgan fingerprint density at radius 1 is 1.17 bits per heavy atom. The van der Waals surface area contributed by atoms with Crippen molar-refractivity contribution in [2.75, 3.05) is 0 Å². The van der Waals surface area contributed by atoms with Gasteiger partial charge in [-0.05, 0) is 35.9 Å². The fraction of sp³-hybridized carbons (Fsp3) is 0.133. The van der Waals surface area contributed by atoms with Crippen LogP contribution >= 0.6 is 27.5 Å². The molecule has 3 nitrogen and oxygen atoms in total. The van der Waals surface area contributed by atoms with Gasteiger partial charge >= 0.3 is 6.36 Å². The summed E-state index contributed by atoms with van der Waals surface area (Å²) in [6.07, 6.45) is -4.73. The first kappa shape index (κ1) is 17.6. The van der Waals surface area contributed by atoms with Crippen LogP contribution in [-0.2, 0) is 6.54 Å². The second-order valence-electron chi connectivity index (χ2n) is 4.50. The van der Waals surface area contributed by atoms with E-state index in [0.29, 0.717) is 20.6 Å². The summed E-state index contributed by atoms with van der Waals surface area (Å²) in [6.45, 7) is 0.147. The molecule has 23 heavy (non-hydrogen) atoms. The van der Waals surface area contributed by atoms with E-state index in [2.05, 4.69) is 26.0 Å². The molecule has 0 unspecified atom stereocenters. The van der Waals surface area contributed by atoms with Gasteiger partial charge < -0.3 is 10.1 Å². The quantitative estimate of drug-likeness (QED) is 0.779. The number of alkyl halides is 3. The molecular weight excluding hydrogens is 399 g/mol. The third-order valence-corrected chi connectivity index (χ3v) is 3.61. The Morgan fingerprint density at radius 2 is 1.83 bits per heavy atom. The molecule has 0 heterocycles. The maximum Gasteiger partial charge on any atom is 0.573 e. The number of hydrogen-bond acceptors (Lipinski definition) is 2. The Balaban J connectivity index is 1.98. The van der Waals surface area contributed by atoms with E-state index in [1.807, 2.05) is 0 Å². The van der Waals surface area contributed by atoms with Gasteiger partial charge in [0.15, 0.2) is 0 Å². The number of ether oxygens (including phenoxy) is 1. The number of carbonyl (C=O) groups is 1. The van der Waals surface area contributed by atoms with Gasteiger partial charge in [-0.25, -0.2) is 0 Å². The molecule has 0 radical (unpaired) electrons. The molecule has 0 saturated carbocycles. The summed E-state index contributed by atoms with van der Waals surface area (Å²) in [4.78, 5) is 12.1. The number of nitrogens with one attached hydrogen (secondary N) is 1. The zero-order valence-corrected chi connectivity index (χ0v) is 13.8. The zero-order valence-electron chi connectivity index (χ0n) is 11.5. The summed E-state index contributed by atoms with van der Waals surface area (Å²) in [5.74, 6) is -0.700. The van der Waals surface area contributed by atoms with Crippen LogP contribution in [0.3, 0.4) is 0 Å².